The number of aliphatic carboxylic acids is 1. The number of piperidine rings is 1. The zero-order valence-corrected chi connectivity index (χ0v) is 21.9. The van der Waals surface area contributed by atoms with Crippen LogP contribution in [-0.2, 0) is 15.8 Å². The molecule has 0 bridgehead atoms. The average Bonchev–Trinajstić information content (AvgIpc) is 2.94. The molecule has 3 aromatic carbocycles. The third-order valence-corrected chi connectivity index (χ3v) is 8.11. The van der Waals surface area contributed by atoms with E-state index < -0.39 is 23.1 Å². The summed E-state index contributed by atoms with van der Waals surface area (Å²) in [7, 11) is 0. The van der Waals surface area contributed by atoms with Gasteiger partial charge in [0.2, 0.25) is 0 Å². The fraction of sp³-hybridized carbons (Fsp3) is 0.406. The minimum absolute atomic E-state index is 0. The Bertz CT molecular complexity index is 1100. The maximum atomic E-state index is 12.1. The number of likely N-dealkylation sites (tertiary alicyclic amines) is 1. The number of benzene rings is 3. The van der Waals surface area contributed by atoms with Crippen LogP contribution >= 0.6 is 0 Å². The molecule has 1 heterocycles. The number of carboxylic acid groups (broad SMARTS) is 1. The van der Waals surface area contributed by atoms with Crippen LogP contribution in [0.25, 0.3) is 0 Å². The third-order valence-electron chi connectivity index (χ3n) is 8.11. The molecule has 6 heteroatoms. The van der Waals surface area contributed by atoms with E-state index in [-0.39, 0.29) is 35.5 Å². The summed E-state index contributed by atoms with van der Waals surface area (Å²) in [5, 5.41) is 32.2. The van der Waals surface area contributed by atoms with Gasteiger partial charge in [0.1, 0.15) is 5.60 Å². The molecule has 0 aromatic heterocycles. The first-order valence-electron chi connectivity index (χ1n) is 13.3. The molecule has 0 amide bonds. The Morgan fingerprint density at radius 3 is 1.84 bits per heavy atom. The second kappa shape index (κ2) is 13.4. The summed E-state index contributed by atoms with van der Waals surface area (Å²) in [4.78, 5) is 13.9. The molecule has 198 valence electrons. The summed E-state index contributed by atoms with van der Waals surface area (Å²) < 4.78 is 0. The van der Waals surface area contributed by atoms with Crippen LogP contribution in [0.1, 0.15) is 67.9 Å². The van der Waals surface area contributed by atoms with E-state index in [2.05, 4.69) is 4.90 Å². The van der Waals surface area contributed by atoms with Crippen molar-refractivity contribution in [2.24, 2.45) is 5.92 Å². The Labute approximate surface area is 248 Å². The van der Waals surface area contributed by atoms with E-state index in [0.717, 1.165) is 61.2 Å². The van der Waals surface area contributed by atoms with Gasteiger partial charge in [-0.25, -0.2) is 0 Å². The Kier molecular flexibility index (Phi) is 10.8. The van der Waals surface area contributed by atoms with Crippen molar-refractivity contribution in [1.29, 1.82) is 0 Å². The van der Waals surface area contributed by atoms with Gasteiger partial charge in [-0.05, 0) is 87.3 Å². The SMILES string of the molecule is CC(C)(C(=O)O)c1ccc([C@@H](O)CCCN2CCC(C(O)(c3ccccc3)c3ccccc3)CC2)cc1.[NaH]. The monoisotopic (exact) mass is 525 g/mol. The van der Waals surface area contributed by atoms with Crippen molar-refractivity contribution < 1.29 is 20.1 Å². The van der Waals surface area contributed by atoms with Crippen molar-refractivity contribution >= 4 is 35.5 Å². The van der Waals surface area contributed by atoms with Gasteiger partial charge in [-0.3, -0.25) is 4.79 Å². The van der Waals surface area contributed by atoms with Gasteiger partial charge in [0.25, 0.3) is 0 Å². The van der Waals surface area contributed by atoms with Crippen LogP contribution in [0.3, 0.4) is 0 Å². The van der Waals surface area contributed by atoms with Crippen LogP contribution in [0, 0.1) is 5.92 Å². The molecule has 1 atom stereocenters. The molecule has 3 aromatic rings. The Balaban J connectivity index is 0.00000400. The number of carboxylic acids is 1. The molecule has 0 unspecified atom stereocenters. The average molecular weight is 526 g/mol. The van der Waals surface area contributed by atoms with Crippen LogP contribution in [0.5, 0.6) is 0 Å². The van der Waals surface area contributed by atoms with E-state index in [9.17, 15) is 20.1 Å². The number of aliphatic hydroxyl groups is 2. The maximum absolute atomic E-state index is 12.1. The van der Waals surface area contributed by atoms with Crippen molar-refractivity contribution in [1.82, 2.24) is 4.90 Å². The van der Waals surface area contributed by atoms with Crippen molar-refractivity contribution in [2.75, 3.05) is 19.6 Å². The van der Waals surface area contributed by atoms with E-state index in [0.29, 0.717) is 6.42 Å². The topological polar surface area (TPSA) is 81.0 Å². The minimum atomic E-state index is -1.01. The number of aliphatic hydroxyl groups excluding tert-OH is 1. The third kappa shape index (κ3) is 6.77. The van der Waals surface area contributed by atoms with Gasteiger partial charge in [0, 0.05) is 0 Å². The Morgan fingerprint density at radius 1 is 0.868 bits per heavy atom. The van der Waals surface area contributed by atoms with Crippen molar-refractivity contribution in [3.05, 3.63) is 107 Å². The summed E-state index contributed by atoms with van der Waals surface area (Å²) in [6.45, 7) is 6.11. The number of nitrogens with zero attached hydrogens (tertiary/aromatic N) is 1. The summed E-state index contributed by atoms with van der Waals surface area (Å²) in [6, 6.07) is 27.3. The molecule has 0 saturated carbocycles. The molecule has 0 radical (unpaired) electrons. The predicted molar refractivity (Wildman–Crippen MR) is 153 cm³/mol. The van der Waals surface area contributed by atoms with Crippen LogP contribution < -0.4 is 0 Å². The van der Waals surface area contributed by atoms with E-state index in [1.54, 1.807) is 26.0 Å². The van der Waals surface area contributed by atoms with Gasteiger partial charge in [0.05, 0.1) is 11.5 Å². The predicted octanol–water partition coefficient (Wildman–Crippen LogP) is 4.86. The Hall–Kier alpha value is -1.99. The van der Waals surface area contributed by atoms with Crippen LogP contribution in [-0.4, -0.2) is 75.4 Å². The molecule has 5 nitrogen and oxygen atoms in total. The molecule has 1 aliphatic rings. The van der Waals surface area contributed by atoms with Gasteiger partial charge >= 0.3 is 35.5 Å². The zero-order valence-electron chi connectivity index (χ0n) is 21.9. The van der Waals surface area contributed by atoms with E-state index in [4.69, 9.17) is 0 Å². The Morgan fingerprint density at radius 2 is 1.37 bits per heavy atom. The molecule has 1 saturated heterocycles. The fourth-order valence-corrected chi connectivity index (χ4v) is 5.52. The van der Waals surface area contributed by atoms with Gasteiger partial charge in [-0.1, -0.05) is 84.9 Å². The number of rotatable bonds is 10. The van der Waals surface area contributed by atoms with Gasteiger partial charge in [-0.2, -0.15) is 0 Å². The standard InChI is InChI=1S/C32H39NO4.Na.H/c1-31(2,30(35)36)25-17-15-24(16-18-25)29(34)14-9-21-33-22-19-28(20-23-33)32(37,26-10-5-3-6-11-26)27-12-7-4-8-13-27;;/h3-8,10-13,15-18,28-29,34,37H,9,14,19-23H2,1-2H3,(H,35,36);;/t29-;;/m0../s1. The number of hydrogen-bond acceptors (Lipinski definition) is 4. The fourth-order valence-electron chi connectivity index (χ4n) is 5.52. The van der Waals surface area contributed by atoms with Crippen molar-refractivity contribution in [3.63, 3.8) is 0 Å². The van der Waals surface area contributed by atoms with Gasteiger partial charge in [0.15, 0.2) is 0 Å². The van der Waals surface area contributed by atoms with Crippen molar-refractivity contribution in [2.45, 2.75) is 56.7 Å². The van der Waals surface area contributed by atoms with Gasteiger partial charge in [-0.15, -0.1) is 0 Å². The summed E-state index contributed by atoms with van der Waals surface area (Å²) >= 11 is 0. The summed E-state index contributed by atoms with van der Waals surface area (Å²) in [5.74, 6) is -0.733. The van der Waals surface area contributed by atoms with Crippen LogP contribution in [0.2, 0.25) is 0 Å². The first-order valence-corrected chi connectivity index (χ1v) is 13.3. The van der Waals surface area contributed by atoms with Gasteiger partial charge < -0.3 is 20.2 Å². The molecule has 4 rings (SSSR count). The number of hydrogen-bond donors (Lipinski definition) is 3. The molecule has 0 spiro atoms. The second-order valence-electron chi connectivity index (χ2n) is 10.8. The summed E-state index contributed by atoms with van der Waals surface area (Å²) in [6.07, 6.45) is 2.77. The molecule has 3 N–H and O–H groups in total. The van der Waals surface area contributed by atoms with Crippen LogP contribution in [0.4, 0.5) is 0 Å². The van der Waals surface area contributed by atoms with E-state index >= 15 is 0 Å². The first kappa shape index (κ1) is 30.6. The van der Waals surface area contributed by atoms with E-state index in [1.165, 1.54) is 0 Å². The molecule has 0 aliphatic carbocycles. The van der Waals surface area contributed by atoms with E-state index in [1.807, 2.05) is 72.8 Å². The quantitative estimate of drug-likeness (QED) is 0.330. The second-order valence-corrected chi connectivity index (χ2v) is 10.8. The summed E-state index contributed by atoms with van der Waals surface area (Å²) in [5.41, 5.74) is 1.47. The zero-order chi connectivity index (χ0) is 26.5. The molecule has 1 aliphatic heterocycles. The number of carbonyl (C=O) groups is 1. The normalized spacial score (nSPS) is 16.0. The molecule has 38 heavy (non-hydrogen) atoms. The first-order chi connectivity index (χ1) is 17.7. The molecular formula is C32H40NNaO4. The molecule has 1 fully saturated rings. The molecular weight excluding hydrogens is 485 g/mol. The van der Waals surface area contributed by atoms with Crippen molar-refractivity contribution in [3.8, 4) is 0 Å². The van der Waals surface area contributed by atoms with Crippen LogP contribution in [0.15, 0.2) is 84.9 Å².